The van der Waals surface area contributed by atoms with Gasteiger partial charge in [0.2, 0.25) is 0 Å². The van der Waals surface area contributed by atoms with Gasteiger partial charge in [-0.2, -0.15) is 0 Å². The summed E-state index contributed by atoms with van der Waals surface area (Å²) in [7, 11) is 0. The lowest BCUT2D eigenvalue weighted by molar-refractivity contribution is 0.127. The number of halogens is 1. The van der Waals surface area contributed by atoms with E-state index in [9.17, 15) is 10.2 Å². The van der Waals surface area contributed by atoms with Crippen molar-refractivity contribution in [3.05, 3.63) is 23.8 Å². The number of benzene rings is 1. The van der Waals surface area contributed by atoms with E-state index in [0.717, 1.165) is 25.2 Å². The molecular weight excluding hydrogens is 300 g/mol. The number of phenols is 1. The van der Waals surface area contributed by atoms with Gasteiger partial charge in [-0.3, -0.25) is 0 Å². The van der Waals surface area contributed by atoms with E-state index in [4.69, 9.17) is 5.73 Å². The van der Waals surface area contributed by atoms with Crippen LogP contribution in [0, 0.1) is 5.92 Å². The molecule has 4 nitrogen and oxygen atoms in total. The first-order valence-corrected chi connectivity index (χ1v) is 7.92. The smallest absolute Gasteiger partial charge is 0.122 e. The van der Waals surface area contributed by atoms with Crippen molar-refractivity contribution in [3.8, 4) is 5.75 Å². The van der Waals surface area contributed by atoms with Gasteiger partial charge in [0.15, 0.2) is 0 Å². The normalized spacial score (nSPS) is 13.6. The third-order valence-corrected chi connectivity index (χ3v) is 3.96. The zero-order valence-electron chi connectivity index (χ0n) is 14.1. The molecular formula is C17H31ClN2O2. The van der Waals surface area contributed by atoms with Crippen molar-refractivity contribution in [2.75, 3.05) is 18.0 Å². The summed E-state index contributed by atoms with van der Waals surface area (Å²) in [5.41, 5.74) is 7.68. The Morgan fingerprint density at radius 1 is 1.14 bits per heavy atom. The third-order valence-electron chi connectivity index (χ3n) is 3.96. The van der Waals surface area contributed by atoms with E-state index in [-0.39, 0.29) is 18.2 Å². The van der Waals surface area contributed by atoms with Crippen molar-refractivity contribution in [3.63, 3.8) is 0 Å². The molecule has 0 spiro atoms. The first-order chi connectivity index (χ1) is 9.90. The molecule has 0 unspecified atom stereocenters. The Kier molecular flexibility index (Phi) is 9.49. The maximum absolute atomic E-state index is 10.2. The molecule has 4 N–H and O–H groups in total. The molecule has 0 aliphatic heterocycles. The zero-order valence-corrected chi connectivity index (χ0v) is 14.9. The summed E-state index contributed by atoms with van der Waals surface area (Å²) in [4.78, 5) is 2.16. The van der Waals surface area contributed by atoms with E-state index >= 15 is 0 Å². The van der Waals surface area contributed by atoms with Crippen molar-refractivity contribution in [1.29, 1.82) is 0 Å². The highest BCUT2D eigenvalue weighted by Gasteiger charge is 2.20. The van der Waals surface area contributed by atoms with Crippen molar-refractivity contribution in [2.45, 2.75) is 52.7 Å². The van der Waals surface area contributed by atoms with Crippen LogP contribution in [0.25, 0.3) is 0 Å². The number of aliphatic hydroxyl groups is 1. The number of aromatic hydroxyl groups is 1. The molecule has 1 aromatic carbocycles. The molecule has 0 saturated carbocycles. The van der Waals surface area contributed by atoms with Gasteiger partial charge in [0, 0.05) is 30.4 Å². The SMILES string of the molecule is CCN(CC)c1ccc([C@@H](N)[C@@H](O)CCC(C)C)c(O)c1.Cl. The molecule has 0 aromatic heterocycles. The second-order valence-electron chi connectivity index (χ2n) is 5.98. The molecule has 0 radical (unpaired) electrons. The van der Waals surface area contributed by atoms with Gasteiger partial charge in [0.05, 0.1) is 12.1 Å². The summed E-state index contributed by atoms with van der Waals surface area (Å²) >= 11 is 0. The molecule has 0 aliphatic rings. The molecule has 0 amide bonds. The molecule has 1 aromatic rings. The van der Waals surface area contributed by atoms with E-state index in [0.29, 0.717) is 17.9 Å². The number of nitrogens with two attached hydrogens (primary N) is 1. The van der Waals surface area contributed by atoms with Crippen LogP contribution >= 0.6 is 12.4 Å². The van der Waals surface area contributed by atoms with Crippen molar-refractivity contribution in [2.24, 2.45) is 11.7 Å². The van der Waals surface area contributed by atoms with Crippen LogP contribution in [0.4, 0.5) is 5.69 Å². The van der Waals surface area contributed by atoms with E-state index in [1.54, 1.807) is 6.07 Å². The van der Waals surface area contributed by atoms with Gasteiger partial charge in [0.25, 0.3) is 0 Å². The summed E-state index contributed by atoms with van der Waals surface area (Å²) in [5, 5.41) is 20.4. The standard InChI is InChI=1S/C17H30N2O2.ClH/c1-5-19(6-2)13-8-9-14(16(21)11-13)17(18)15(20)10-7-12(3)4;/h8-9,11-12,15,17,20-21H,5-7,10,18H2,1-4H3;1H/t15-,17+;/m0./s1. The number of hydrogen-bond donors (Lipinski definition) is 3. The fraction of sp³-hybridized carbons (Fsp3) is 0.647. The summed E-state index contributed by atoms with van der Waals surface area (Å²) in [6.45, 7) is 10.2. The largest absolute Gasteiger partial charge is 0.508 e. The van der Waals surface area contributed by atoms with E-state index in [1.165, 1.54) is 0 Å². The number of anilines is 1. The average molecular weight is 331 g/mol. The lowest BCUT2D eigenvalue weighted by atomic mass is 9.95. The van der Waals surface area contributed by atoms with Gasteiger partial charge in [-0.25, -0.2) is 0 Å². The minimum absolute atomic E-state index is 0. The lowest BCUT2D eigenvalue weighted by Crippen LogP contribution is -2.27. The molecule has 0 aliphatic carbocycles. The second kappa shape index (κ2) is 9.93. The Morgan fingerprint density at radius 3 is 2.18 bits per heavy atom. The van der Waals surface area contributed by atoms with Gasteiger partial charge >= 0.3 is 0 Å². The number of aliphatic hydroxyl groups excluding tert-OH is 1. The van der Waals surface area contributed by atoms with Crippen LogP contribution in [0.5, 0.6) is 5.75 Å². The molecule has 0 bridgehead atoms. The predicted octanol–water partition coefficient (Wildman–Crippen LogP) is 3.46. The summed E-state index contributed by atoms with van der Waals surface area (Å²) in [6.07, 6.45) is 0.945. The highest BCUT2D eigenvalue weighted by Crippen LogP contribution is 2.30. The Morgan fingerprint density at radius 2 is 1.73 bits per heavy atom. The minimum atomic E-state index is -0.627. The summed E-state index contributed by atoms with van der Waals surface area (Å²) in [6, 6.07) is 4.97. The van der Waals surface area contributed by atoms with Gasteiger partial charge in [0.1, 0.15) is 5.75 Å². The molecule has 1 rings (SSSR count). The Hall–Kier alpha value is -0.970. The molecule has 5 heteroatoms. The van der Waals surface area contributed by atoms with Crippen molar-refractivity contribution >= 4 is 18.1 Å². The Labute approximate surface area is 140 Å². The number of phenolic OH excluding ortho intramolecular Hbond substituents is 1. The second-order valence-corrected chi connectivity index (χ2v) is 5.98. The first kappa shape index (κ1) is 21.0. The number of rotatable bonds is 8. The average Bonchev–Trinajstić information content (AvgIpc) is 2.45. The molecule has 0 fully saturated rings. The maximum atomic E-state index is 10.2. The van der Waals surface area contributed by atoms with Gasteiger partial charge in [-0.15, -0.1) is 12.4 Å². The van der Waals surface area contributed by atoms with Gasteiger partial charge in [-0.05, 0) is 38.7 Å². The van der Waals surface area contributed by atoms with Crippen LogP contribution < -0.4 is 10.6 Å². The fourth-order valence-corrected chi connectivity index (χ4v) is 2.49. The molecule has 22 heavy (non-hydrogen) atoms. The molecule has 0 saturated heterocycles. The summed E-state index contributed by atoms with van der Waals surface area (Å²) < 4.78 is 0. The topological polar surface area (TPSA) is 69.7 Å². The highest BCUT2D eigenvalue weighted by atomic mass is 35.5. The number of nitrogens with zero attached hydrogens (tertiary/aromatic N) is 1. The maximum Gasteiger partial charge on any atom is 0.122 e. The van der Waals surface area contributed by atoms with Crippen LogP contribution in [0.1, 0.15) is 52.1 Å². The zero-order chi connectivity index (χ0) is 16.0. The quantitative estimate of drug-likeness (QED) is 0.682. The third kappa shape index (κ3) is 5.67. The van der Waals surface area contributed by atoms with Crippen LogP contribution in [0.3, 0.4) is 0 Å². The summed E-state index contributed by atoms with van der Waals surface area (Å²) in [5.74, 6) is 0.695. The van der Waals surface area contributed by atoms with Crippen LogP contribution in [0.15, 0.2) is 18.2 Å². The molecule has 0 heterocycles. The van der Waals surface area contributed by atoms with Crippen LogP contribution in [0.2, 0.25) is 0 Å². The molecule has 128 valence electrons. The minimum Gasteiger partial charge on any atom is -0.508 e. The van der Waals surface area contributed by atoms with Crippen LogP contribution in [-0.4, -0.2) is 29.4 Å². The van der Waals surface area contributed by atoms with Gasteiger partial charge in [-0.1, -0.05) is 19.9 Å². The van der Waals surface area contributed by atoms with Crippen molar-refractivity contribution < 1.29 is 10.2 Å². The predicted molar refractivity (Wildman–Crippen MR) is 95.9 cm³/mol. The Bertz CT molecular complexity index is 437. The highest BCUT2D eigenvalue weighted by molar-refractivity contribution is 5.85. The van der Waals surface area contributed by atoms with Gasteiger partial charge < -0.3 is 20.8 Å². The van der Waals surface area contributed by atoms with Crippen LogP contribution in [-0.2, 0) is 0 Å². The first-order valence-electron chi connectivity index (χ1n) is 7.92. The fourth-order valence-electron chi connectivity index (χ4n) is 2.49. The Balaban J connectivity index is 0.00000441. The van der Waals surface area contributed by atoms with Crippen molar-refractivity contribution in [1.82, 2.24) is 0 Å². The molecule has 2 atom stereocenters. The van der Waals surface area contributed by atoms with E-state index in [1.807, 2.05) is 12.1 Å². The monoisotopic (exact) mass is 330 g/mol. The van der Waals surface area contributed by atoms with E-state index in [2.05, 4.69) is 32.6 Å². The number of hydrogen-bond acceptors (Lipinski definition) is 4. The van der Waals surface area contributed by atoms with E-state index < -0.39 is 12.1 Å². The lowest BCUT2D eigenvalue weighted by Gasteiger charge is -2.24.